The minimum absolute atomic E-state index is 0.133. The summed E-state index contributed by atoms with van der Waals surface area (Å²) >= 11 is 0. The molecule has 1 aliphatic heterocycles. The number of hydrogen-bond donors (Lipinski definition) is 3. The maximum atomic E-state index is 15.4. The third-order valence-electron chi connectivity index (χ3n) is 13.7. The van der Waals surface area contributed by atoms with Crippen LogP contribution in [0.15, 0.2) is 71.8 Å². The lowest BCUT2D eigenvalue weighted by atomic mass is 9.20. The van der Waals surface area contributed by atoms with E-state index in [1.54, 1.807) is 102 Å². The Morgan fingerprint density at radius 2 is 1.58 bits per heavy atom. The van der Waals surface area contributed by atoms with Crippen molar-refractivity contribution in [1.29, 1.82) is 0 Å². The summed E-state index contributed by atoms with van der Waals surface area (Å²) in [7, 11) is 2.80. The van der Waals surface area contributed by atoms with E-state index in [0.29, 0.717) is 11.1 Å². The molecule has 1 saturated heterocycles. The Morgan fingerprint density at radius 3 is 2.12 bits per heavy atom. The van der Waals surface area contributed by atoms with E-state index in [2.05, 4.69) is 5.32 Å². The van der Waals surface area contributed by atoms with E-state index in [9.17, 15) is 29.4 Å². The molecule has 15 heteroatoms. The van der Waals surface area contributed by atoms with Gasteiger partial charge in [-0.2, -0.15) is 0 Å². The Bertz CT molecular complexity index is 2070. The largest absolute Gasteiger partial charge is 0.456 e. The van der Waals surface area contributed by atoms with E-state index in [4.69, 9.17) is 33.2 Å². The molecule has 15 nitrogen and oxygen atoms in total. The number of ketones is 1. The number of Topliss-reactive ketones (excluding diaryl/α,β-unsaturated/α-hetero) is 1. The third-order valence-corrected chi connectivity index (χ3v) is 13.7. The number of carbonyl (C=O) groups excluding carboxylic acids is 5. The Morgan fingerprint density at radius 1 is 0.949 bits per heavy atom. The highest BCUT2D eigenvalue weighted by molar-refractivity contribution is 5.98. The molecule has 3 N–H and O–H groups in total. The smallest absolute Gasteiger partial charge is 0.408 e. The third kappa shape index (κ3) is 5.75. The van der Waals surface area contributed by atoms with Gasteiger partial charge in [-0.3, -0.25) is 9.59 Å². The van der Waals surface area contributed by atoms with Crippen LogP contribution in [-0.4, -0.2) is 114 Å². The summed E-state index contributed by atoms with van der Waals surface area (Å²) in [6, 6.07) is 15.1. The molecule has 2 aromatic rings. The normalized spacial score (nSPS) is 36.5. The number of aliphatic hydroxyl groups excluding tert-OH is 1. The number of benzene rings is 2. The lowest BCUT2D eigenvalue weighted by molar-refractivity contribution is -0.473. The topological polar surface area (TPSA) is 202 Å². The highest BCUT2D eigenvalue weighted by Crippen LogP contribution is 2.86. The SMILES string of the molecule is COC1C(=O)C2(C)C(OC)CC3OCC3(OC(C)=O)C23C(OC(=O)c2ccccc2)C2(O)CC(OC(=O)C(O)C(NC(=O)OC(C)(C)C)c4ccccc4)C(C)=C1C23C. The number of esters is 3. The first-order valence-corrected chi connectivity index (χ1v) is 19.7. The zero-order chi connectivity index (χ0) is 43.1. The zero-order valence-electron chi connectivity index (χ0n) is 34.7. The molecular weight excluding hydrogens is 766 g/mol. The van der Waals surface area contributed by atoms with E-state index in [1.807, 2.05) is 0 Å². The average molecular weight is 820 g/mol. The fraction of sp³-hybridized carbons (Fsp3) is 0.568. The molecule has 12 atom stereocenters. The summed E-state index contributed by atoms with van der Waals surface area (Å²) in [5.41, 5.74) is -8.48. The van der Waals surface area contributed by atoms with Gasteiger partial charge in [-0.25, -0.2) is 14.4 Å². The summed E-state index contributed by atoms with van der Waals surface area (Å²) in [5, 5.41) is 27.7. The number of fused-ring (bicyclic) bond motifs is 1. The molecular formula is C44H53NO14. The van der Waals surface area contributed by atoms with Crippen LogP contribution < -0.4 is 5.32 Å². The van der Waals surface area contributed by atoms with Crippen LogP contribution in [0.3, 0.4) is 0 Å². The first-order chi connectivity index (χ1) is 27.7. The van der Waals surface area contributed by atoms with Crippen LogP contribution in [-0.2, 0) is 47.5 Å². The van der Waals surface area contributed by atoms with Crippen molar-refractivity contribution >= 4 is 29.8 Å². The molecule has 2 aromatic carbocycles. The molecule has 0 bridgehead atoms. The Labute approximate surface area is 342 Å². The van der Waals surface area contributed by atoms with Crippen molar-refractivity contribution in [3.8, 4) is 0 Å². The molecule has 318 valence electrons. The van der Waals surface area contributed by atoms with Crippen LogP contribution in [0, 0.1) is 16.2 Å². The number of nitrogens with one attached hydrogen (secondary N) is 1. The summed E-state index contributed by atoms with van der Waals surface area (Å²) in [6.45, 7) is 11.1. The minimum Gasteiger partial charge on any atom is -0.456 e. The molecule has 1 amide bonds. The molecule has 7 rings (SSSR count). The van der Waals surface area contributed by atoms with Crippen LogP contribution in [0.5, 0.6) is 0 Å². The van der Waals surface area contributed by atoms with Gasteiger partial charge in [0.15, 0.2) is 17.5 Å². The van der Waals surface area contributed by atoms with Crippen LogP contribution in [0.4, 0.5) is 4.79 Å². The Hall–Kier alpha value is -4.67. The number of amides is 1. The zero-order valence-corrected chi connectivity index (χ0v) is 34.7. The number of carbonyl (C=O) groups is 5. The molecule has 0 aromatic heterocycles. The lowest BCUT2D eigenvalue weighted by Crippen LogP contribution is -3.00. The minimum atomic E-state index is -2.13. The van der Waals surface area contributed by atoms with Crippen LogP contribution >= 0.6 is 0 Å². The summed E-state index contributed by atoms with van der Waals surface area (Å²) in [6.07, 6.45) is -9.10. The number of hydrogen-bond acceptors (Lipinski definition) is 14. The monoisotopic (exact) mass is 819 g/mol. The fourth-order valence-electron chi connectivity index (χ4n) is 11.5. The predicted molar refractivity (Wildman–Crippen MR) is 206 cm³/mol. The van der Waals surface area contributed by atoms with Crippen molar-refractivity contribution in [1.82, 2.24) is 5.32 Å². The standard InChI is InChI=1S/C44H53NO14/c1-23-27(56-36(50)32(47)31(25-16-12-10-13-17-25)45-38(51)59-39(3,4)5)21-42(52)37(57-35(49)26-18-14-11-15-19-26)44-40(6,34(48)33(54-9)30(23)41(42,44)7)28(53-8)20-29-43(44,22-55-29)58-24(2)46/h10-19,27-29,31-33,37,47,52H,20-22H2,1-9H3,(H,45,51). The quantitative estimate of drug-likeness (QED) is 0.177. The van der Waals surface area contributed by atoms with Crippen molar-refractivity contribution < 1.29 is 67.3 Å². The van der Waals surface area contributed by atoms with E-state index in [1.165, 1.54) is 21.1 Å². The first-order valence-electron chi connectivity index (χ1n) is 19.7. The van der Waals surface area contributed by atoms with Crippen LogP contribution in [0.1, 0.15) is 83.3 Å². The molecule has 4 aliphatic carbocycles. The number of methoxy groups -OCH3 is 2. The van der Waals surface area contributed by atoms with Gasteiger partial charge in [0.2, 0.25) is 0 Å². The fourth-order valence-corrected chi connectivity index (χ4v) is 11.5. The second kappa shape index (κ2) is 14.5. The van der Waals surface area contributed by atoms with Crippen molar-refractivity contribution in [2.45, 2.75) is 121 Å². The number of aliphatic hydroxyl groups is 2. The molecule has 5 aliphatic rings. The summed E-state index contributed by atoms with van der Waals surface area (Å²) in [5.74, 6) is -3.16. The van der Waals surface area contributed by atoms with Gasteiger partial charge in [0.25, 0.3) is 0 Å². The highest BCUT2D eigenvalue weighted by atomic mass is 16.6. The van der Waals surface area contributed by atoms with Gasteiger partial charge < -0.3 is 48.7 Å². The molecule has 4 fully saturated rings. The van der Waals surface area contributed by atoms with Gasteiger partial charge in [-0.1, -0.05) is 55.5 Å². The van der Waals surface area contributed by atoms with Gasteiger partial charge in [0, 0.05) is 39.4 Å². The van der Waals surface area contributed by atoms with E-state index >= 15 is 4.79 Å². The Kier molecular flexibility index (Phi) is 10.4. The maximum absolute atomic E-state index is 15.4. The number of rotatable bonds is 10. The van der Waals surface area contributed by atoms with Crippen LogP contribution in [0.25, 0.3) is 0 Å². The average Bonchev–Trinajstić information content (AvgIpc) is 3.18. The molecule has 59 heavy (non-hydrogen) atoms. The van der Waals surface area contributed by atoms with Gasteiger partial charge >= 0.3 is 24.0 Å². The van der Waals surface area contributed by atoms with Gasteiger partial charge in [0.1, 0.15) is 35.6 Å². The molecule has 1 heterocycles. The highest BCUT2D eigenvalue weighted by Gasteiger charge is 2.99. The maximum Gasteiger partial charge on any atom is 0.408 e. The first kappa shape index (κ1) is 42.5. The summed E-state index contributed by atoms with van der Waals surface area (Å²) in [4.78, 5) is 69.9. The van der Waals surface area contributed by atoms with Gasteiger partial charge in [-0.15, -0.1) is 0 Å². The van der Waals surface area contributed by atoms with E-state index < -0.39 is 105 Å². The number of alkyl carbamates (subject to hydrolysis) is 1. The van der Waals surface area contributed by atoms with E-state index in [-0.39, 0.29) is 30.6 Å². The van der Waals surface area contributed by atoms with Crippen molar-refractivity contribution in [3.05, 3.63) is 82.9 Å². The van der Waals surface area contributed by atoms with Crippen molar-refractivity contribution in [3.63, 3.8) is 0 Å². The molecule has 12 unspecified atom stereocenters. The molecule has 0 radical (unpaired) electrons. The van der Waals surface area contributed by atoms with E-state index in [0.717, 1.165) is 0 Å². The van der Waals surface area contributed by atoms with Crippen LogP contribution in [0.2, 0.25) is 0 Å². The summed E-state index contributed by atoms with van der Waals surface area (Å²) < 4.78 is 42.5. The number of ether oxygens (including phenoxy) is 7. The second-order valence-electron chi connectivity index (χ2n) is 17.6. The van der Waals surface area contributed by atoms with Crippen molar-refractivity contribution in [2.75, 3.05) is 20.8 Å². The second-order valence-corrected chi connectivity index (χ2v) is 17.6. The lowest BCUT2D eigenvalue weighted by Gasteiger charge is -2.86. The van der Waals surface area contributed by atoms with Gasteiger partial charge in [0.05, 0.1) is 35.1 Å². The van der Waals surface area contributed by atoms with Gasteiger partial charge in [-0.05, 0) is 63.5 Å². The van der Waals surface area contributed by atoms with Crippen molar-refractivity contribution in [2.24, 2.45) is 16.2 Å². The molecule has 1 spiro atoms. The Balaban J connectivity index is 1.38. The molecule has 3 saturated carbocycles. The predicted octanol–water partition coefficient (Wildman–Crippen LogP) is 3.93.